The van der Waals surface area contributed by atoms with Crippen LogP contribution in [0, 0.1) is 3.95 Å². The smallest absolute Gasteiger partial charge is 0.204 e. The van der Waals surface area contributed by atoms with E-state index in [1.54, 1.807) is 0 Å². The summed E-state index contributed by atoms with van der Waals surface area (Å²) in [6, 6.07) is 0.433. The van der Waals surface area contributed by atoms with E-state index in [-0.39, 0.29) is 0 Å². The van der Waals surface area contributed by atoms with Gasteiger partial charge in [-0.1, -0.05) is 11.3 Å². The van der Waals surface area contributed by atoms with E-state index in [1.807, 2.05) is 0 Å². The topological polar surface area (TPSA) is 49.9 Å². The van der Waals surface area contributed by atoms with Gasteiger partial charge in [0.2, 0.25) is 5.13 Å². The van der Waals surface area contributed by atoms with Crippen molar-refractivity contribution in [1.82, 2.24) is 10.2 Å². The highest BCUT2D eigenvalue weighted by Crippen LogP contribution is 2.36. The van der Waals surface area contributed by atoms with E-state index in [9.17, 15) is 0 Å². The molecule has 1 aromatic heterocycles. The summed E-state index contributed by atoms with van der Waals surface area (Å²) in [7, 11) is 0. The molecule has 2 saturated heterocycles. The van der Waals surface area contributed by atoms with Crippen LogP contribution < -0.4 is 5.32 Å². The summed E-state index contributed by atoms with van der Waals surface area (Å²) in [5, 5.41) is 11.1. The van der Waals surface area contributed by atoms with Crippen LogP contribution in [0.4, 0.5) is 5.13 Å². The molecule has 2 fully saturated rings. The number of anilines is 1. The van der Waals surface area contributed by atoms with E-state index in [0.29, 0.717) is 18.2 Å². The normalized spacial score (nSPS) is 35.0. The SMILES string of the molecule is S=c1[nH]nc(NC2CC3CCC2O3)s1. The van der Waals surface area contributed by atoms with Crippen LogP contribution in [0.25, 0.3) is 0 Å². The van der Waals surface area contributed by atoms with Gasteiger partial charge in [-0.25, -0.2) is 0 Å². The molecular formula is C8H11N3OS2. The van der Waals surface area contributed by atoms with E-state index >= 15 is 0 Å². The van der Waals surface area contributed by atoms with Gasteiger partial charge in [-0.3, -0.25) is 5.10 Å². The van der Waals surface area contributed by atoms with Crippen LogP contribution in [0.1, 0.15) is 19.3 Å². The monoisotopic (exact) mass is 229 g/mol. The molecule has 2 N–H and O–H groups in total. The van der Waals surface area contributed by atoms with Gasteiger partial charge in [-0.2, -0.15) is 0 Å². The number of fused-ring (bicyclic) bond motifs is 2. The van der Waals surface area contributed by atoms with Crippen molar-refractivity contribution in [1.29, 1.82) is 0 Å². The molecule has 1 aromatic rings. The van der Waals surface area contributed by atoms with Crippen LogP contribution in [0.3, 0.4) is 0 Å². The maximum atomic E-state index is 5.74. The lowest BCUT2D eigenvalue weighted by atomic mass is 9.96. The molecule has 3 unspecified atom stereocenters. The largest absolute Gasteiger partial charge is 0.373 e. The fraction of sp³-hybridized carbons (Fsp3) is 0.750. The number of rotatable bonds is 2. The molecule has 2 aliphatic heterocycles. The minimum atomic E-state index is 0.387. The average molecular weight is 229 g/mol. The summed E-state index contributed by atoms with van der Waals surface area (Å²) >= 11 is 6.45. The lowest BCUT2D eigenvalue weighted by Gasteiger charge is -2.18. The van der Waals surface area contributed by atoms with E-state index in [4.69, 9.17) is 17.0 Å². The Balaban J connectivity index is 1.71. The number of aromatic amines is 1. The van der Waals surface area contributed by atoms with Crippen LogP contribution in [0.15, 0.2) is 0 Å². The second kappa shape index (κ2) is 3.29. The summed E-state index contributed by atoms with van der Waals surface area (Å²) in [6.45, 7) is 0. The molecule has 0 aromatic carbocycles. The van der Waals surface area contributed by atoms with Crippen LogP contribution in [-0.2, 0) is 4.74 Å². The van der Waals surface area contributed by atoms with Gasteiger partial charge in [0, 0.05) is 0 Å². The van der Waals surface area contributed by atoms with E-state index in [2.05, 4.69) is 15.5 Å². The molecule has 6 heteroatoms. The molecular weight excluding hydrogens is 218 g/mol. The van der Waals surface area contributed by atoms with Gasteiger partial charge in [0.1, 0.15) is 0 Å². The van der Waals surface area contributed by atoms with Crippen LogP contribution >= 0.6 is 23.6 Å². The molecule has 0 saturated carbocycles. The number of hydrogen-bond acceptors (Lipinski definition) is 5. The lowest BCUT2D eigenvalue weighted by molar-refractivity contribution is 0.102. The second-order valence-corrected chi connectivity index (χ2v) is 5.44. The van der Waals surface area contributed by atoms with Gasteiger partial charge in [-0.05, 0) is 31.5 Å². The van der Waals surface area contributed by atoms with Crippen molar-refractivity contribution in [3.05, 3.63) is 3.95 Å². The maximum Gasteiger partial charge on any atom is 0.204 e. The summed E-state index contributed by atoms with van der Waals surface area (Å²) < 4.78 is 6.46. The molecule has 0 aliphatic carbocycles. The Hall–Kier alpha value is -0.460. The molecule has 3 heterocycles. The van der Waals surface area contributed by atoms with Crippen molar-refractivity contribution in [2.75, 3.05) is 5.32 Å². The molecule has 3 rings (SSSR count). The van der Waals surface area contributed by atoms with Crippen molar-refractivity contribution in [2.45, 2.75) is 37.5 Å². The highest BCUT2D eigenvalue weighted by molar-refractivity contribution is 7.73. The Bertz CT molecular complexity index is 388. The number of H-pyrrole nitrogens is 1. The number of ether oxygens (including phenoxy) is 1. The first-order valence-electron chi connectivity index (χ1n) is 4.79. The van der Waals surface area contributed by atoms with E-state index < -0.39 is 0 Å². The molecule has 0 amide bonds. The first-order chi connectivity index (χ1) is 6.81. The van der Waals surface area contributed by atoms with Crippen LogP contribution in [0.5, 0.6) is 0 Å². The summed E-state index contributed by atoms with van der Waals surface area (Å²) in [5.74, 6) is 0. The van der Waals surface area contributed by atoms with Crippen molar-refractivity contribution in [3.63, 3.8) is 0 Å². The zero-order chi connectivity index (χ0) is 9.54. The lowest BCUT2D eigenvalue weighted by Crippen LogP contribution is -2.30. The molecule has 2 aliphatic rings. The average Bonchev–Trinajstić information content (AvgIpc) is 2.82. The molecule has 4 nitrogen and oxygen atoms in total. The minimum absolute atomic E-state index is 0.387. The van der Waals surface area contributed by atoms with E-state index in [1.165, 1.54) is 24.2 Å². The predicted octanol–water partition coefficient (Wildman–Crippen LogP) is 1.93. The number of nitrogens with zero attached hydrogens (tertiary/aromatic N) is 1. The summed E-state index contributed by atoms with van der Waals surface area (Å²) in [5.41, 5.74) is 0. The first-order valence-corrected chi connectivity index (χ1v) is 6.01. The van der Waals surface area contributed by atoms with Gasteiger partial charge in [0.15, 0.2) is 3.95 Å². The summed E-state index contributed by atoms with van der Waals surface area (Å²) in [6.07, 6.45) is 4.37. The van der Waals surface area contributed by atoms with Crippen LogP contribution in [0.2, 0.25) is 0 Å². The molecule has 0 spiro atoms. The number of hydrogen-bond donors (Lipinski definition) is 2. The first kappa shape index (κ1) is 8.82. The standard InChI is InChI=1S/C8H11N3OS2/c13-8-11-10-7(14-8)9-5-3-4-1-2-6(5)12-4/h4-6H,1-3H2,(H,9,10)(H,11,13). The molecule has 76 valence electrons. The fourth-order valence-corrected chi connectivity index (χ4v) is 3.09. The van der Waals surface area contributed by atoms with Gasteiger partial charge in [0.05, 0.1) is 18.2 Å². The fourth-order valence-electron chi connectivity index (χ4n) is 2.24. The third-order valence-electron chi connectivity index (χ3n) is 2.85. The van der Waals surface area contributed by atoms with Crippen molar-refractivity contribution < 1.29 is 4.74 Å². The van der Waals surface area contributed by atoms with Gasteiger partial charge in [0.25, 0.3) is 0 Å². The molecule has 0 radical (unpaired) electrons. The maximum absolute atomic E-state index is 5.74. The van der Waals surface area contributed by atoms with Crippen LogP contribution in [-0.4, -0.2) is 28.4 Å². The van der Waals surface area contributed by atoms with Gasteiger partial charge < -0.3 is 10.1 Å². The Labute approximate surface area is 90.7 Å². The second-order valence-electron chi connectivity index (χ2n) is 3.78. The quantitative estimate of drug-likeness (QED) is 0.761. The van der Waals surface area contributed by atoms with Gasteiger partial charge in [-0.15, -0.1) is 5.10 Å². The van der Waals surface area contributed by atoms with Crippen molar-refractivity contribution in [2.24, 2.45) is 0 Å². The third kappa shape index (κ3) is 1.47. The minimum Gasteiger partial charge on any atom is -0.373 e. The molecule has 3 atom stereocenters. The Morgan fingerprint density at radius 3 is 3.07 bits per heavy atom. The number of nitrogens with one attached hydrogen (secondary N) is 2. The third-order valence-corrected chi connectivity index (χ3v) is 3.87. The zero-order valence-electron chi connectivity index (χ0n) is 7.53. The van der Waals surface area contributed by atoms with Crippen molar-refractivity contribution >= 4 is 28.7 Å². The molecule has 2 bridgehead atoms. The summed E-state index contributed by atoms with van der Waals surface area (Å²) in [4.78, 5) is 0. The Morgan fingerprint density at radius 2 is 2.50 bits per heavy atom. The zero-order valence-corrected chi connectivity index (χ0v) is 9.16. The van der Waals surface area contributed by atoms with Gasteiger partial charge >= 0.3 is 0 Å². The Morgan fingerprint density at radius 1 is 1.57 bits per heavy atom. The Kier molecular flexibility index (Phi) is 2.07. The van der Waals surface area contributed by atoms with E-state index in [0.717, 1.165) is 15.5 Å². The predicted molar refractivity (Wildman–Crippen MR) is 57.2 cm³/mol. The van der Waals surface area contributed by atoms with Crippen molar-refractivity contribution in [3.8, 4) is 0 Å². The highest BCUT2D eigenvalue weighted by atomic mass is 32.1. The number of aromatic nitrogens is 2. The highest BCUT2D eigenvalue weighted by Gasteiger charge is 2.40. The molecule has 14 heavy (non-hydrogen) atoms.